The Bertz CT molecular complexity index is 1740. The van der Waals surface area contributed by atoms with Crippen molar-refractivity contribution in [1.82, 2.24) is 9.71 Å². The minimum absolute atomic E-state index is 0.0571. The molecule has 3 aromatic carbocycles. The summed E-state index contributed by atoms with van der Waals surface area (Å²) in [5.74, 6) is -0.976. The minimum Gasteiger partial charge on any atom is -0.372 e. The largest absolute Gasteiger partial charge is 0.418 e. The van der Waals surface area contributed by atoms with Crippen LogP contribution in [0.4, 0.5) is 18.9 Å². The van der Waals surface area contributed by atoms with E-state index >= 15 is 0 Å². The number of nitrogens with one attached hydrogen (secondary N) is 1. The molecule has 1 atom stereocenters. The lowest BCUT2D eigenvalue weighted by molar-refractivity contribution is -0.137. The summed E-state index contributed by atoms with van der Waals surface area (Å²) in [6, 6.07) is 18.8. The van der Waals surface area contributed by atoms with Gasteiger partial charge in [0.2, 0.25) is 10.0 Å². The lowest BCUT2D eigenvalue weighted by Crippen LogP contribution is -2.41. The van der Waals surface area contributed by atoms with Crippen LogP contribution in [0.25, 0.3) is 11.1 Å². The summed E-state index contributed by atoms with van der Waals surface area (Å²) in [6.07, 6.45) is -1.52. The molecule has 42 heavy (non-hydrogen) atoms. The lowest BCUT2D eigenvalue weighted by Gasteiger charge is -2.25. The number of aromatic nitrogens is 1. The maximum Gasteiger partial charge on any atom is 0.418 e. The number of alkyl halides is 3. The maximum atomic E-state index is 14.2. The molecule has 1 unspecified atom stereocenters. The number of amides is 1. The van der Waals surface area contributed by atoms with Crippen molar-refractivity contribution in [2.45, 2.75) is 49.5 Å². The number of sulfonamides is 1. The molecule has 0 fully saturated rings. The number of aliphatic hydroxyl groups is 1. The zero-order valence-corrected chi connectivity index (χ0v) is 23.8. The van der Waals surface area contributed by atoms with Gasteiger partial charge in [0.25, 0.3) is 5.91 Å². The Morgan fingerprint density at radius 3 is 2.05 bits per heavy atom. The molecule has 2 heterocycles. The van der Waals surface area contributed by atoms with Gasteiger partial charge in [0.1, 0.15) is 0 Å². The Balaban J connectivity index is 1.56. The van der Waals surface area contributed by atoms with Crippen LogP contribution in [0.1, 0.15) is 43.0 Å². The monoisotopic (exact) mass is 595 g/mol. The molecule has 4 aromatic rings. The zero-order chi connectivity index (χ0) is 30.5. The molecule has 1 aromatic heterocycles. The van der Waals surface area contributed by atoms with E-state index in [9.17, 15) is 31.5 Å². The molecule has 7 nitrogen and oxygen atoms in total. The molecule has 218 valence electrons. The number of hydrogen-bond acceptors (Lipinski definition) is 5. The fourth-order valence-corrected chi connectivity index (χ4v) is 6.48. The molecule has 11 heteroatoms. The van der Waals surface area contributed by atoms with E-state index in [1.807, 2.05) is 12.1 Å². The summed E-state index contributed by atoms with van der Waals surface area (Å²) in [6.45, 7) is 4.79. The average Bonchev–Trinajstić information content (AvgIpc) is 3.15. The summed E-state index contributed by atoms with van der Waals surface area (Å²) < 4.78 is 70.7. The Morgan fingerprint density at radius 2 is 1.48 bits per heavy atom. The second-order valence-electron chi connectivity index (χ2n) is 11.1. The molecular weight excluding hydrogens is 567 g/mol. The van der Waals surface area contributed by atoms with Crippen LogP contribution in [0.3, 0.4) is 0 Å². The van der Waals surface area contributed by atoms with Gasteiger partial charge in [0.15, 0.2) is 5.60 Å². The molecule has 0 spiro atoms. The Morgan fingerprint density at radius 1 is 0.881 bits per heavy atom. The van der Waals surface area contributed by atoms with Gasteiger partial charge in [-0.1, -0.05) is 48.5 Å². The van der Waals surface area contributed by atoms with E-state index in [0.29, 0.717) is 5.56 Å². The average molecular weight is 596 g/mol. The van der Waals surface area contributed by atoms with Crippen LogP contribution in [0, 0.1) is 0 Å². The Hall–Kier alpha value is -4.06. The highest BCUT2D eigenvalue weighted by molar-refractivity contribution is 7.89. The number of rotatable bonds is 6. The first kappa shape index (κ1) is 29.4. The van der Waals surface area contributed by atoms with Gasteiger partial charge in [0.05, 0.1) is 22.7 Å². The van der Waals surface area contributed by atoms with Crippen LogP contribution in [0.5, 0.6) is 0 Å². The van der Waals surface area contributed by atoms with E-state index in [1.54, 1.807) is 57.4 Å². The highest BCUT2D eigenvalue weighted by Gasteiger charge is 2.54. The predicted octanol–water partition coefficient (Wildman–Crippen LogP) is 5.63. The molecule has 2 N–H and O–H groups in total. The molecule has 0 radical (unpaired) electrons. The molecule has 0 aliphatic carbocycles. The Labute approximate surface area is 241 Å². The fourth-order valence-electron chi connectivity index (χ4n) is 5.06. The molecule has 0 saturated carbocycles. The number of pyridine rings is 1. The van der Waals surface area contributed by atoms with E-state index in [4.69, 9.17) is 0 Å². The SMILES string of the molecule is CC(C)(C)NS(=O)(=O)c1ccc(C2(O)C(=O)N(Cc3ccc(-c4ccncc4)cc3)c3c(C(F)(F)F)cccc32)cc1. The Kier molecular flexibility index (Phi) is 7.24. The van der Waals surface area contributed by atoms with Gasteiger partial charge in [0, 0.05) is 23.5 Å². The molecule has 0 bridgehead atoms. The van der Waals surface area contributed by atoms with Gasteiger partial charge in [-0.05, 0) is 73.4 Å². The van der Waals surface area contributed by atoms with Gasteiger partial charge >= 0.3 is 6.18 Å². The second-order valence-corrected chi connectivity index (χ2v) is 12.8. The number of benzene rings is 3. The second kappa shape index (κ2) is 10.3. The van der Waals surface area contributed by atoms with Crippen molar-refractivity contribution in [3.8, 4) is 11.1 Å². The fraction of sp³-hybridized carbons (Fsp3) is 0.226. The predicted molar refractivity (Wildman–Crippen MR) is 152 cm³/mol. The number of carbonyl (C=O) groups excluding carboxylic acids is 1. The molecular formula is C31H28F3N3O4S. The van der Waals surface area contributed by atoms with Crippen LogP contribution < -0.4 is 9.62 Å². The minimum atomic E-state index is -4.81. The van der Waals surface area contributed by atoms with E-state index in [2.05, 4.69) is 9.71 Å². The number of fused-ring (bicyclic) bond motifs is 1. The van der Waals surface area contributed by atoms with Crippen molar-refractivity contribution in [1.29, 1.82) is 0 Å². The topological polar surface area (TPSA) is 99.6 Å². The van der Waals surface area contributed by atoms with Crippen molar-refractivity contribution >= 4 is 21.6 Å². The summed E-state index contributed by atoms with van der Waals surface area (Å²) in [5, 5.41) is 11.9. The third-order valence-corrected chi connectivity index (χ3v) is 8.66. The van der Waals surface area contributed by atoms with Crippen molar-refractivity contribution in [3.63, 3.8) is 0 Å². The van der Waals surface area contributed by atoms with Crippen LogP contribution in [0.2, 0.25) is 0 Å². The molecule has 1 aliphatic rings. The summed E-state index contributed by atoms with van der Waals surface area (Å²) in [4.78, 5) is 18.7. The third kappa shape index (κ3) is 5.42. The number of hydrogen-bond donors (Lipinski definition) is 2. The smallest absolute Gasteiger partial charge is 0.372 e. The van der Waals surface area contributed by atoms with E-state index in [0.717, 1.165) is 28.2 Å². The van der Waals surface area contributed by atoms with Crippen molar-refractivity contribution in [3.05, 3.63) is 114 Å². The van der Waals surface area contributed by atoms with Crippen molar-refractivity contribution in [2.24, 2.45) is 0 Å². The van der Waals surface area contributed by atoms with E-state index in [1.165, 1.54) is 30.3 Å². The summed E-state index contributed by atoms with van der Waals surface area (Å²) in [7, 11) is -3.93. The van der Waals surface area contributed by atoms with Gasteiger partial charge in [-0.15, -0.1) is 0 Å². The van der Waals surface area contributed by atoms with Crippen LogP contribution in [-0.4, -0.2) is 30.0 Å². The van der Waals surface area contributed by atoms with Crippen LogP contribution in [-0.2, 0) is 33.1 Å². The standard InChI is InChI=1S/C31H28F3N3O4S/c1-29(2,3)36-42(40,41)24-13-11-23(12-14-24)30(39)25-5-4-6-26(31(32,33)34)27(25)37(28(30)38)19-20-7-9-21(10-8-20)22-15-17-35-18-16-22/h4-18,36,39H,19H2,1-3H3. The van der Waals surface area contributed by atoms with Crippen molar-refractivity contribution < 1.29 is 31.5 Å². The number of para-hydroxylation sites is 1. The van der Waals surface area contributed by atoms with Gasteiger partial charge < -0.3 is 10.0 Å². The van der Waals surface area contributed by atoms with Crippen molar-refractivity contribution in [2.75, 3.05) is 4.90 Å². The molecule has 1 amide bonds. The zero-order valence-electron chi connectivity index (χ0n) is 23.0. The molecule has 5 rings (SSSR count). The van der Waals surface area contributed by atoms with E-state index < -0.39 is 44.5 Å². The first-order valence-electron chi connectivity index (χ1n) is 13.0. The highest BCUT2D eigenvalue weighted by atomic mass is 32.2. The van der Waals surface area contributed by atoms with E-state index in [-0.39, 0.29) is 22.6 Å². The quantitative estimate of drug-likeness (QED) is 0.301. The van der Waals surface area contributed by atoms with Gasteiger partial charge in [-0.3, -0.25) is 9.78 Å². The first-order chi connectivity index (χ1) is 19.6. The third-order valence-electron chi connectivity index (χ3n) is 6.89. The highest BCUT2D eigenvalue weighted by Crippen LogP contribution is 2.50. The number of carbonyl (C=O) groups is 1. The normalized spacial score (nSPS) is 17.4. The molecule has 0 saturated heterocycles. The van der Waals surface area contributed by atoms with Gasteiger partial charge in [-0.25, -0.2) is 13.1 Å². The number of nitrogens with zero attached hydrogens (tertiary/aromatic N) is 2. The summed E-state index contributed by atoms with van der Waals surface area (Å²) >= 11 is 0. The number of halogens is 3. The maximum absolute atomic E-state index is 14.2. The molecule has 1 aliphatic heterocycles. The van der Waals surface area contributed by atoms with Crippen LogP contribution in [0.15, 0.2) is 96.2 Å². The van der Waals surface area contributed by atoms with Crippen LogP contribution >= 0.6 is 0 Å². The summed E-state index contributed by atoms with van der Waals surface area (Å²) in [5.41, 5.74) is -2.74. The van der Waals surface area contributed by atoms with Gasteiger partial charge in [-0.2, -0.15) is 13.2 Å². The first-order valence-corrected chi connectivity index (χ1v) is 14.5. The number of anilines is 1. The lowest BCUT2D eigenvalue weighted by atomic mass is 9.87.